The highest BCUT2D eigenvalue weighted by Gasteiger charge is 2.23. The molecule has 0 aliphatic carbocycles. The van der Waals surface area contributed by atoms with Crippen LogP contribution in [0.15, 0.2) is 0 Å². The molecule has 0 rings (SSSR count). The third-order valence-electron chi connectivity index (χ3n) is 2.37. The van der Waals surface area contributed by atoms with Gasteiger partial charge < -0.3 is 15.5 Å². The Morgan fingerprint density at radius 2 is 2.00 bits per heavy atom. The van der Waals surface area contributed by atoms with Gasteiger partial charge in [0.25, 0.3) is 0 Å². The molecule has 0 aromatic heterocycles. The minimum Gasteiger partial charge on any atom is -0.479 e. The van der Waals surface area contributed by atoms with Crippen molar-refractivity contribution in [3.8, 4) is 0 Å². The monoisotopic (exact) mass is 203 g/mol. The van der Waals surface area contributed by atoms with Crippen molar-refractivity contribution in [2.24, 2.45) is 0 Å². The van der Waals surface area contributed by atoms with Crippen molar-refractivity contribution in [2.75, 3.05) is 7.05 Å². The summed E-state index contributed by atoms with van der Waals surface area (Å²) in [6, 6.07) is -0.329. The highest BCUT2D eigenvalue weighted by Crippen LogP contribution is 2.08. The van der Waals surface area contributed by atoms with Crippen LogP contribution in [0.1, 0.15) is 39.0 Å². The second-order valence-electron chi connectivity index (χ2n) is 3.53. The predicted molar refractivity (Wildman–Crippen MR) is 55.2 cm³/mol. The summed E-state index contributed by atoms with van der Waals surface area (Å²) in [6.45, 7) is 2.13. The van der Waals surface area contributed by atoms with Crippen molar-refractivity contribution in [1.82, 2.24) is 5.32 Å². The van der Waals surface area contributed by atoms with Crippen molar-refractivity contribution in [3.63, 3.8) is 0 Å². The topological polar surface area (TPSA) is 69.6 Å². The molecule has 4 heteroatoms. The van der Waals surface area contributed by atoms with E-state index in [2.05, 4.69) is 12.2 Å². The van der Waals surface area contributed by atoms with E-state index in [4.69, 9.17) is 5.11 Å². The number of carboxylic acid groups (broad SMARTS) is 1. The van der Waals surface area contributed by atoms with Crippen LogP contribution in [-0.4, -0.2) is 35.4 Å². The van der Waals surface area contributed by atoms with E-state index in [1.54, 1.807) is 7.05 Å². The Labute approximate surface area is 85.3 Å². The fraction of sp³-hybridized carbons (Fsp3) is 0.900. The molecule has 14 heavy (non-hydrogen) atoms. The number of unbranched alkanes of at least 4 members (excludes halogenated alkanes) is 3. The van der Waals surface area contributed by atoms with Gasteiger partial charge in [-0.1, -0.05) is 32.6 Å². The van der Waals surface area contributed by atoms with E-state index in [-0.39, 0.29) is 6.04 Å². The molecule has 0 saturated heterocycles. The molecular formula is C10H21NO3. The van der Waals surface area contributed by atoms with Crippen molar-refractivity contribution < 1.29 is 15.0 Å². The Morgan fingerprint density at radius 3 is 2.43 bits per heavy atom. The minimum absolute atomic E-state index is 0.329. The van der Waals surface area contributed by atoms with Crippen LogP contribution < -0.4 is 5.32 Å². The summed E-state index contributed by atoms with van der Waals surface area (Å²) in [7, 11) is 1.68. The minimum atomic E-state index is -1.29. The quantitative estimate of drug-likeness (QED) is 0.514. The largest absolute Gasteiger partial charge is 0.479 e. The number of rotatable bonds is 8. The van der Waals surface area contributed by atoms with Gasteiger partial charge in [-0.05, 0) is 13.5 Å². The molecule has 0 spiro atoms. The number of carbonyl (C=O) groups is 1. The molecule has 4 nitrogen and oxygen atoms in total. The van der Waals surface area contributed by atoms with Gasteiger partial charge in [0.1, 0.15) is 0 Å². The molecule has 0 aromatic rings. The zero-order valence-corrected chi connectivity index (χ0v) is 8.99. The lowest BCUT2D eigenvalue weighted by Crippen LogP contribution is -2.42. The van der Waals surface area contributed by atoms with Crippen molar-refractivity contribution in [1.29, 1.82) is 0 Å². The van der Waals surface area contributed by atoms with Gasteiger partial charge in [0.2, 0.25) is 0 Å². The molecule has 0 bridgehead atoms. The van der Waals surface area contributed by atoms with Crippen LogP contribution in [0.2, 0.25) is 0 Å². The number of aliphatic hydroxyl groups is 1. The lowest BCUT2D eigenvalue weighted by Gasteiger charge is -2.18. The number of aliphatic carboxylic acids is 1. The summed E-state index contributed by atoms with van der Waals surface area (Å²) in [4.78, 5) is 10.5. The van der Waals surface area contributed by atoms with Crippen molar-refractivity contribution in [2.45, 2.75) is 51.2 Å². The van der Waals surface area contributed by atoms with Crippen LogP contribution in [0.5, 0.6) is 0 Å². The number of hydrogen-bond donors (Lipinski definition) is 3. The first-order chi connectivity index (χ1) is 6.63. The zero-order valence-electron chi connectivity index (χ0n) is 8.99. The first-order valence-electron chi connectivity index (χ1n) is 5.21. The Morgan fingerprint density at radius 1 is 1.36 bits per heavy atom. The summed E-state index contributed by atoms with van der Waals surface area (Å²) >= 11 is 0. The third-order valence-corrected chi connectivity index (χ3v) is 2.37. The van der Waals surface area contributed by atoms with Gasteiger partial charge in [0.05, 0.1) is 0 Å². The molecule has 0 fully saturated rings. The molecule has 0 radical (unpaired) electrons. The Balaban J connectivity index is 3.73. The van der Waals surface area contributed by atoms with Gasteiger partial charge in [-0.25, -0.2) is 4.79 Å². The number of likely N-dealkylation sites (N-methyl/N-ethyl adjacent to an activating group) is 1. The van der Waals surface area contributed by atoms with Crippen LogP contribution in [0.4, 0.5) is 0 Å². The van der Waals surface area contributed by atoms with Crippen LogP contribution in [0.3, 0.4) is 0 Å². The van der Waals surface area contributed by atoms with E-state index in [1.807, 2.05) is 0 Å². The SMILES string of the molecule is CCCCCC[C@@H](NC)[C@H](O)C(=O)O. The van der Waals surface area contributed by atoms with Crippen molar-refractivity contribution >= 4 is 5.97 Å². The summed E-state index contributed by atoms with van der Waals surface area (Å²) in [5, 5.41) is 20.7. The zero-order chi connectivity index (χ0) is 11.0. The highest BCUT2D eigenvalue weighted by atomic mass is 16.4. The van der Waals surface area contributed by atoms with Crippen LogP contribution in [0.25, 0.3) is 0 Å². The fourth-order valence-electron chi connectivity index (χ4n) is 1.42. The Kier molecular flexibility index (Phi) is 7.42. The smallest absolute Gasteiger partial charge is 0.334 e. The summed E-state index contributed by atoms with van der Waals surface area (Å²) in [5.74, 6) is -1.15. The number of carboxylic acids is 1. The second-order valence-corrected chi connectivity index (χ2v) is 3.53. The highest BCUT2D eigenvalue weighted by molar-refractivity contribution is 5.72. The maximum absolute atomic E-state index is 10.5. The average molecular weight is 203 g/mol. The van der Waals surface area contributed by atoms with Crippen molar-refractivity contribution in [3.05, 3.63) is 0 Å². The number of nitrogens with one attached hydrogen (secondary N) is 1. The van der Waals surface area contributed by atoms with Gasteiger partial charge in [-0.15, -0.1) is 0 Å². The molecule has 0 saturated carbocycles. The molecule has 0 aliphatic rings. The first kappa shape index (κ1) is 13.4. The molecule has 2 atom stereocenters. The lowest BCUT2D eigenvalue weighted by molar-refractivity contribution is -0.148. The Bertz CT molecular complexity index is 161. The summed E-state index contributed by atoms with van der Waals surface area (Å²) in [6.07, 6.45) is 3.81. The maximum Gasteiger partial charge on any atom is 0.334 e. The van der Waals surface area contributed by atoms with E-state index in [1.165, 1.54) is 6.42 Å². The number of hydrogen-bond acceptors (Lipinski definition) is 3. The molecule has 0 aliphatic heterocycles. The van der Waals surface area contributed by atoms with Gasteiger partial charge in [-0.2, -0.15) is 0 Å². The van der Waals surface area contributed by atoms with E-state index in [0.717, 1.165) is 19.3 Å². The summed E-state index contributed by atoms with van der Waals surface area (Å²) in [5.41, 5.74) is 0. The molecule has 84 valence electrons. The predicted octanol–water partition coefficient (Wildman–Crippen LogP) is 0.990. The molecule has 0 amide bonds. The van der Waals surface area contributed by atoms with Crippen LogP contribution >= 0.6 is 0 Å². The van der Waals surface area contributed by atoms with E-state index in [9.17, 15) is 9.90 Å². The van der Waals surface area contributed by atoms with E-state index >= 15 is 0 Å². The molecule has 0 heterocycles. The average Bonchev–Trinajstić information content (AvgIpc) is 2.17. The van der Waals surface area contributed by atoms with Crippen LogP contribution in [0, 0.1) is 0 Å². The van der Waals surface area contributed by atoms with Gasteiger partial charge in [0.15, 0.2) is 6.10 Å². The van der Waals surface area contributed by atoms with Gasteiger partial charge >= 0.3 is 5.97 Å². The molecule has 3 N–H and O–H groups in total. The molecule has 0 aromatic carbocycles. The van der Waals surface area contributed by atoms with Crippen LogP contribution in [-0.2, 0) is 4.79 Å². The third kappa shape index (κ3) is 5.19. The number of aliphatic hydroxyl groups excluding tert-OH is 1. The van der Waals surface area contributed by atoms with E-state index in [0.29, 0.717) is 6.42 Å². The molecular weight excluding hydrogens is 182 g/mol. The lowest BCUT2D eigenvalue weighted by atomic mass is 10.0. The summed E-state index contributed by atoms with van der Waals surface area (Å²) < 4.78 is 0. The maximum atomic E-state index is 10.5. The first-order valence-corrected chi connectivity index (χ1v) is 5.21. The van der Waals surface area contributed by atoms with Gasteiger partial charge in [-0.3, -0.25) is 0 Å². The standard InChI is InChI=1S/C10H21NO3/c1-3-4-5-6-7-8(11-2)9(12)10(13)14/h8-9,11-12H,3-7H2,1-2H3,(H,13,14)/t8-,9+/m1/s1. The fourth-order valence-corrected chi connectivity index (χ4v) is 1.42. The van der Waals surface area contributed by atoms with E-state index < -0.39 is 12.1 Å². The molecule has 0 unspecified atom stereocenters. The van der Waals surface area contributed by atoms with Gasteiger partial charge in [0, 0.05) is 6.04 Å². The normalized spacial score (nSPS) is 15.1. The second kappa shape index (κ2) is 7.76. The Hall–Kier alpha value is -0.610.